The number of rotatable bonds is 5. The zero-order valence-corrected chi connectivity index (χ0v) is 19.1. The predicted molar refractivity (Wildman–Crippen MR) is 129 cm³/mol. The molecule has 6 heteroatoms. The van der Waals surface area contributed by atoms with Gasteiger partial charge >= 0.3 is 0 Å². The van der Waals surface area contributed by atoms with Crippen molar-refractivity contribution in [1.82, 2.24) is 14.5 Å². The zero-order valence-electron chi connectivity index (χ0n) is 17.5. The Kier molecular flexibility index (Phi) is 5.90. The van der Waals surface area contributed by atoms with Crippen molar-refractivity contribution in [2.45, 2.75) is 25.3 Å². The van der Waals surface area contributed by atoms with E-state index in [2.05, 4.69) is 4.57 Å². The van der Waals surface area contributed by atoms with E-state index in [1.165, 1.54) is 0 Å². The summed E-state index contributed by atoms with van der Waals surface area (Å²) < 4.78 is 2.07. The van der Waals surface area contributed by atoms with Crippen molar-refractivity contribution in [3.63, 3.8) is 0 Å². The van der Waals surface area contributed by atoms with E-state index in [0.717, 1.165) is 53.9 Å². The van der Waals surface area contributed by atoms with E-state index in [0.29, 0.717) is 16.5 Å². The van der Waals surface area contributed by atoms with Crippen LogP contribution in [0, 0.1) is 0 Å². The summed E-state index contributed by atoms with van der Waals surface area (Å²) in [5.74, 6) is 0.867. The van der Waals surface area contributed by atoms with Gasteiger partial charge in [0.1, 0.15) is 11.9 Å². The maximum absolute atomic E-state index is 13.9. The van der Waals surface area contributed by atoms with Gasteiger partial charge in [0.05, 0.1) is 11.0 Å². The molecule has 1 amide bonds. The van der Waals surface area contributed by atoms with E-state index in [4.69, 9.17) is 28.2 Å². The number of imidazole rings is 1. The molecule has 32 heavy (non-hydrogen) atoms. The normalized spacial score (nSPS) is 14.8. The molecule has 0 saturated carbocycles. The van der Waals surface area contributed by atoms with Gasteiger partial charge in [-0.05, 0) is 48.2 Å². The SMILES string of the molecule is O=C(C(c1ccccc1)n1c(Cc2c(Cl)cccc2Cl)nc2ccccc21)N1CCCC1. The van der Waals surface area contributed by atoms with Crippen molar-refractivity contribution in [2.75, 3.05) is 13.1 Å². The van der Waals surface area contributed by atoms with Crippen molar-refractivity contribution >= 4 is 40.1 Å². The van der Waals surface area contributed by atoms with Crippen LogP contribution in [0.3, 0.4) is 0 Å². The number of aromatic nitrogens is 2. The van der Waals surface area contributed by atoms with Crippen molar-refractivity contribution in [1.29, 1.82) is 0 Å². The highest BCUT2D eigenvalue weighted by atomic mass is 35.5. The van der Waals surface area contributed by atoms with Gasteiger partial charge in [-0.15, -0.1) is 0 Å². The molecule has 0 N–H and O–H groups in total. The fourth-order valence-electron chi connectivity index (χ4n) is 4.51. The predicted octanol–water partition coefficient (Wildman–Crippen LogP) is 6.15. The molecule has 1 fully saturated rings. The zero-order chi connectivity index (χ0) is 22.1. The topological polar surface area (TPSA) is 38.1 Å². The van der Waals surface area contributed by atoms with E-state index >= 15 is 0 Å². The molecule has 1 aromatic heterocycles. The molecule has 1 unspecified atom stereocenters. The summed E-state index contributed by atoms with van der Waals surface area (Å²) >= 11 is 13.0. The largest absolute Gasteiger partial charge is 0.341 e. The first-order chi connectivity index (χ1) is 15.6. The lowest BCUT2D eigenvalue weighted by Crippen LogP contribution is -2.36. The third-order valence-electron chi connectivity index (χ3n) is 6.09. The number of halogens is 2. The Morgan fingerprint density at radius 2 is 1.53 bits per heavy atom. The number of hydrogen-bond acceptors (Lipinski definition) is 2. The second-order valence-corrected chi connectivity index (χ2v) is 8.92. The van der Waals surface area contributed by atoms with Crippen LogP contribution in [0.2, 0.25) is 10.0 Å². The minimum atomic E-state index is -0.502. The Labute approximate surface area is 197 Å². The van der Waals surface area contributed by atoms with Gasteiger partial charge < -0.3 is 9.47 Å². The summed E-state index contributed by atoms with van der Waals surface area (Å²) in [6.45, 7) is 1.58. The van der Waals surface area contributed by atoms with Crippen molar-refractivity contribution < 1.29 is 4.79 Å². The summed E-state index contributed by atoms with van der Waals surface area (Å²) in [5.41, 5.74) is 3.53. The lowest BCUT2D eigenvalue weighted by molar-refractivity contribution is -0.132. The number of para-hydroxylation sites is 2. The molecule has 1 aliphatic rings. The third kappa shape index (κ3) is 3.89. The van der Waals surface area contributed by atoms with Crippen LogP contribution >= 0.6 is 23.2 Å². The van der Waals surface area contributed by atoms with Gasteiger partial charge in [0, 0.05) is 29.6 Å². The number of fused-ring (bicyclic) bond motifs is 1. The summed E-state index contributed by atoms with van der Waals surface area (Å²) in [6.07, 6.45) is 2.52. The third-order valence-corrected chi connectivity index (χ3v) is 6.80. The van der Waals surface area contributed by atoms with Crippen LogP contribution in [0.4, 0.5) is 0 Å². The number of nitrogens with zero attached hydrogens (tertiary/aromatic N) is 3. The Balaban J connectivity index is 1.71. The molecule has 0 bridgehead atoms. The highest BCUT2D eigenvalue weighted by molar-refractivity contribution is 6.36. The number of carbonyl (C=O) groups excluding carboxylic acids is 1. The minimum Gasteiger partial charge on any atom is -0.341 e. The van der Waals surface area contributed by atoms with Crippen molar-refractivity contribution in [2.24, 2.45) is 0 Å². The second kappa shape index (κ2) is 8.97. The van der Waals surface area contributed by atoms with E-state index in [1.807, 2.05) is 77.7 Å². The molecule has 0 radical (unpaired) electrons. The molecule has 2 heterocycles. The molecular formula is C26H23Cl2N3O. The molecule has 0 aliphatic carbocycles. The van der Waals surface area contributed by atoms with E-state index in [9.17, 15) is 4.79 Å². The first-order valence-electron chi connectivity index (χ1n) is 10.9. The maximum atomic E-state index is 13.9. The molecule has 1 aliphatic heterocycles. The van der Waals surface area contributed by atoms with Gasteiger partial charge in [-0.1, -0.05) is 71.7 Å². The maximum Gasteiger partial charge on any atom is 0.250 e. The summed E-state index contributed by atoms with van der Waals surface area (Å²) in [6, 6.07) is 22.9. The van der Waals surface area contributed by atoms with Crippen LogP contribution < -0.4 is 0 Å². The Morgan fingerprint density at radius 3 is 2.25 bits per heavy atom. The van der Waals surface area contributed by atoms with Gasteiger partial charge in [0.15, 0.2) is 0 Å². The number of carbonyl (C=O) groups is 1. The second-order valence-electron chi connectivity index (χ2n) is 8.11. The summed E-state index contributed by atoms with van der Waals surface area (Å²) in [7, 11) is 0. The highest BCUT2D eigenvalue weighted by Crippen LogP contribution is 2.33. The van der Waals surface area contributed by atoms with Crippen molar-refractivity contribution in [3.8, 4) is 0 Å². The average Bonchev–Trinajstić information content (AvgIpc) is 3.46. The molecule has 4 nitrogen and oxygen atoms in total. The van der Waals surface area contributed by atoms with Crippen molar-refractivity contribution in [3.05, 3.63) is 99.8 Å². The molecule has 3 aromatic carbocycles. The lowest BCUT2D eigenvalue weighted by atomic mass is 10.0. The number of hydrogen-bond donors (Lipinski definition) is 0. The van der Waals surface area contributed by atoms with Crippen LogP contribution in [-0.2, 0) is 11.2 Å². The van der Waals surface area contributed by atoms with Crippen LogP contribution in [0.1, 0.15) is 35.8 Å². The molecule has 162 valence electrons. The summed E-state index contributed by atoms with van der Waals surface area (Å²) in [5, 5.41) is 1.19. The molecule has 1 atom stereocenters. The molecule has 5 rings (SSSR count). The number of likely N-dealkylation sites (tertiary alicyclic amines) is 1. The lowest BCUT2D eigenvalue weighted by Gasteiger charge is -2.26. The minimum absolute atomic E-state index is 0.100. The fraction of sp³-hybridized carbons (Fsp3) is 0.231. The van der Waals surface area contributed by atoms with Gasteiger partial charge in [0.2, 0.25) is 5.91 Å². The quantitative estimate of drug-likeness (QED) is 0.356. The van der Waals surface area contributed by atoms with Gasteiger partial charge in [-0.25, -0.2) is 4.98 Å². The fourth-order valence-corrected chi connectivity index (χ4v) is 5.05. The van der Waals surface area contributed by atoms with Crippen LogP contribution in [0.5, 0.6) is 0 Å². The monoisotopic (exact) mass is 463 g/mol. The number of amides is 1. The standard InChI is InChI=1S/C26H23Cl2N3O/c27-20-11-8-12-21(28)19(20)17-24-29-22-13-4-5-14-23(22)31(24)25(18-9-2-1-3-10-18)26(32)30-15-6-7-16-30/h1-5,8-14,25H,6-7,15-17H2. The number of benzene rings is 3. The first kappa shape index (κ1) is 21.0. The highest BCUT2D eigenvalue weighted by Gasteiger charge is 2.32. The van der Waals surface area contributed by atoms with Gasteiger partial charge in [-0.2, -0.15) is 0 Å². The van der Waals surface area contributed by atoms with E-state index in [-0.39, 0.29) is 5.91 Å². The molecule has 4 aromatic rings. The van der Waals surface area contributed by atoms with Gasteiger partial charge in [0.25, 0.3) is 0 Å². The van der Waals surface area contributed by atoms with Crippen LogP contribution in [0.15, 0.2) is 72.8 Å². The molecular weight excluding hydrogens is 441 g/mol. The van der Waals surface area contributed by atoms with Crippen LogP contribution in [-0.4, -0.2) is 33.4 Å². The van der Waals surface area contributed by atoms with E-state index in [1.54, 1.807) is 0 Å². The molecule has 1 saturated heterocycles. The summed E-state index contributed by atoms with van der Waals surface area (Å²) in [4.78, 5) is 20.7. The Morgan fingerprint density at radius 1 is 0.875 bits per heavy atom. The Hall–Kier alpha value is -2.82. The van der Waals surface area contributed by atoms with E-state index < -0.39 is 6.04 Å². The molecule has 0 spiro atoms. The average molecular weight is 464 g/mol. The first-order valence-corrected chi connectivity index (χ1v) is 11.6. The van der Waals surface area contributed by atoms with Crippen LogP contribution in [0.25, 0.3) is 11.0 Å². The smallest absolute Gasteiger partial charge is 0.250 e. The van der Waals surface area contributed by atoms with Gasteiger partial charge in [-0.3, -0.25) is 4.79 Å². The Bertz CT molecular complexity index is 1240.